The lowest BCUT2D eigenvalue weighted by atomic mass is 9.41. The summed E-state index contributed by atoms with van der Waals surface area (Å²) in [7, 11) is 17.9. The first-order valence-corrected chi connectivity index (χ1v) is 8.15. The minimum Gasteiger partial charge on any atom is -0.301 e. The van der Waals surface area contributed by atoms with E-state index < -0.39 is 5.11 Å². The van der Waals surface area contributed by atoms with Gasteiger partial charge in [0.1, 0.15) is 10.3 Å². The fraction of sp³-hybridized carbons (Fsp3) is 0.375. The van der Waals surface area contributed by atoms with Crippen molar-refractivity contribution < 1.29 is 0 Å². The first-order chi connectivity index (χ1) is 10.5. The Morgan fingerprint density at radius 2 is 1.74 bits per heavy atom. The normalized spacial score (nSPS) is 13.1. The SMILES string of the molecule is [B]C([B])([B])c1cc2nc(C(C)(C)C)ccc2c2nc(Br)c(C)n12. The van der Waals surface area contributed by atoms with E-state index in [1.807, 2.05) is 29.5 Å². The molecule has 0 spiro atoms. The van der Waals surface area contributed by atoms with Crippen molar-refractivity contribution in [3.05, 3.63) is 39.9 Å². The van der Waals surface area contributed by atoms with Crippen LogP contribution in [0.4, 0.5) is 0 Å². The van der Waals surface area contributed by atoms with E-state index in [1.54, 1.807) is 0 Å². The summed E-state index contributed by atoms with van der Waals surface area (Å²) in [5.74, 6) is 0. The lowest BCUT2D eigenvalue weighted by molar-refractivity contribution is 0.571. The predicted octanol–water partition coefficient (Wildman–Crippen LogP) is 2.87. The molecule has 0 aromatic carbocycles. The number of hydrogen-bond acceptors (Lipinski definition) is 2. The fourth-order valence-corrected chi connectivity index (χ4v) is 3.00. The molecule has 7 heteroatoms. The molecule has 3 heterocycles. The van der Waals surface area contributed by atoms with Gasteiger partial charge in [0.15, 0.2) is 0 Å². The van der Waals surface area contributed by atoms with Crippen LogP contribution < -0.4 is 0 Å². The standard InChI is InChI=1S/C16H15B3BrN3/c1-8-13(20)22-14-9-5-6-11(15(2,3)4)21-10(9)7-12(23(8)14)16(17,18)19/h5-7H,1-4H3. The summed E-state index contributed by atoms with van der Waals surface area (Å²) >= 11 is 3.47. The monoisotopic (exact) mass is 361 g/mol. The van der Waals surface area contributed by atoms with E-state index in [4.69, 9.17) is 28.5 Å². The molecule has 6 radical (unpaired) electrons. The summed E-state index contributed by atoms with van der Waals surface area (Å²) in [6.45, 7) is 8.30. The molecule has 0 saturated carbocycles. The Bertz CT molecular complexity index is 920. The van der Waals surface area contributed by atoms with Gasteiger partial charge in [0.25, 0.3) is 0 Å². The van der Waals surface area contributed by atoms with E-state index in [1.165, 1.54) is 0 Å². The highest BCUT2D eigenvalue weighted by molar-refractivity contribution is 9.10. The zero-order valence-electron chi connectivity index (χ0n) is 13.7. The number of aromatic nitrogens is 3. The van der Waals surface area contributed by atoms with Gasteiger partial charge in [0, 0.05) is 22.2 Å². The first-order valence-electron chi connectivity index (χ1n) is 7.36. The molecule has 0 aliphatic rings. The Morgan fingerprint density at radius 1 is 1.09 bits per heavy atom. The third-order valence-corrected chi connectivity index (χ3v) is 4.69. The summed E-state index contributed by atoms with van der Waals surface area (Å²) < 4.78 is 2.61. The smallest absolute Gasteiger partial charge is 0.147 e. The van der Waals surface area contributed by atoms with Crippen LogP contribution in [-0.4, -0.2) is 37.9 Å². The van der Waals surface area contributed by atoms with Crippen molar-refractivity contribution in [1.29, 1.82) is 0 Å². The molecular weight excluding hydrogens is 347 g/mol. The molecule has 23 heavy (non-hydrogen) atoms. The van der Waals surface area contributed by atoms with E-state index in [0.29, 0.717) is 5.69 Å². The fourth-order valence-electron chi connectivity index (χ4n) is 2.65. The third-order valence-electron chi connectivity index (χ3n) is 3.94. The Morgan fingerprint density at radius 3 is 2.30 bits per heavy atom. The van der Waals surface area contributed by atoms with Crippen LogP contribution in [0.1, 0.15) is 37.9 Å². The summed E-state index contributed by atoms with van der Waals surface area (Å²) in [4.78, 5) is 9.35. The summed E-state index contributed by atoms with van der Waals surface area (Å²) in [5.41, 5.74) is 3.90. The van der Waals surface area contributed by atoms with E-state index >= 15 is 0 Å². The molecule has 0 aliphatic heterocycles. The van der Waals surface area contributed by atoms with Gasteiger partial charge in [-0.3, -0.25) is 4.98 Å². The van der Waals surface area contributed by atoms with Gasteiger partial charge in [0.05, 0.1) is 34.7 Å². The second-order valence-corrected chi connectivity index (χ2v) is 7.74. The Balaban J connectivity index is 2.48. The summed E-state index contributed by atoms with van der Waals surface area (Å²) in [5, 5.41) is -0.559. The van der Waals surface area contributed by atoms with Crippen LogP contribution in [-0.2, 0) is 10.5 Å². The molecule has 0 saturated heterocycles. The third kappa shape index (κ3) is 2.73. The quantitative estimate of drug-likeness (QED) is 0.624. The number of imidazole rings is 1. The van der Waals surface area contributed by atoms with Crippen molar-refractivity contribution in [2.75, 3.05) is 0 Å². The van der Waals surface area contributed by atoms with Gasteiger partial charge in [-0.15, -0.1) is 0 Å². The van der Waals surface area contributed by atoms with Gasteiger partial charge in [-0.05, 0) is 41.1 Å². The number of halogens is 1. The number of pyridine rings is 2. The van der Waals surface area contributed by atoms with Crippen molar-refractivity contribution in [2.45, 2.75) is 38.2 Å². The van der Waals surface area contributed by atoms with Crippen LogP contribution in [0.5, 0.6) is 0 Å². The molecule has 0 bridgehead atoms. The van der Waals surface area contributed by atoms with E-state index in [-0.39, 0.29) is 5.41 Å². The molecule has 3 rings (SSSR count). The second kappa shape index (κ2) is 5.14. The minimum atomic E-state index is -1.49. The number of aryl methyl sites for hydroxylation is 1. The number of fused-ring (bicyclic) bond motifs is 3. The average molecular weight is 362 g/mol. The summed E-state index contributed by atoms with van der Waals surface area (Å²) in [6, 6.07) is 5.91. The summed E-state index contributed by atoms with van der Waals surface area (Å²) in [6.07, 6.45) is 0. The molecule has 3 aromatic rings. The van der Waals surface area contributed by atoms with Crippen molar-refractivity contribution in [3.63, 3.8) is 0 Å². The van der Waals surface area contributed by atoms with Crippen LogP contribution in [0, 0.1) is 6.92 Å². The molecule has 0 unspecified atom stereocenters. The molecule has 3 nitrogen and oxygen atoms in total. The first kappa shape index (κ1) is 16.6. The zero-order valence-corrected chi connectivity index (χ0v) is 15.3. The maximum atomic E-state index is 5.98. The Labute approximate surface area is 148 Å². The lowest BCUT2D eigenvalue weighted by Gasteiger charge is -2.24. The van der Waals surface area contributed by atoms with Gasteiger partial charge < -0.3 is 4.40 Å². The van der Waals surface area contributed by atoms with Gasteiger partial charge >= 0.3 is 0 Å². The van der Waals surface area contributed by atoms with Crippen molar-refractivity contribution in [3.8, 4) is 0 Å². The van der Waals surface area contributed by atoms with Crippen LogP contribution in [0.25, 0.3) is 16.6 Å². The van der Waals surface area contributed by atoms with Crippen molar-refractivity contribution in [2.24, 2.45) is 0 Å². The topological polar surface area (TPSA) is 30.2 Å². The van der Waals surface area contributed by atoms with Crippen LogP contribution in [0.15, 0.2) is 22.8 Å². The predicted molar refractivity (Wildman–Crippen MR) is 101 cm³/mol. The maximum absolute atomic E-state index is 5.98. The zero-order chi connectivity index (χ0) is 17.2. The number of rotatable bonds is 1. The van der Waals surface area contributed by atoms with Crippen LogP contribution in [0.2, 0.25) is 0 Å². The van der Waals surface area contributed by atoms with Gasteiger partial charge in [-0.25, -0.2) is 4.98 Å². The van der Waals surface area contributed by atoms with E-state index in [2.05, 4.69) is 41.7 Å². The number of nitrogens with zero attached hydrogens (tertiary/aromatic N) is 3. The average Bonchev–Trinajstić information content (AvgIpc) is 2.72. The lowest BCUT2D eigenvalue weighted by Crippen LogP contribution is -2.30. The van der Waals surface area contributed by atoms with Crippen molar-refractivity contribution in [1.82, 2.24) is 14.4 Å². The van der Waals surface area contributed by atoms with Crippen LogP contribution in [0.3, 0.4) is 0 Å². The largest absolute Gasteiger partial charge is 0.301 e. The molecule has 0 N–H and O–H groups in total. The molecule has 110 valence electrons. The van der Waals surface area contributed by atoms with Gasteiger partial charge in [-0.1, -0.05) is 25.9 Å². The number of hydrogen-bond donors (Lipinski definition) is 0. The van der Waals surface area contributed by atoms with E-state index in [9.17, 15) is 0 Å². The molecular formula is C16H15B3BrN3. The second-order valence-electron chi connectivity index (χ2n) is 6.99. The molecule has 0 atom stereocenters. The highest BCUT2D eigenvalue weighted by Gasteiger charge is 2.23. The van der Waals surface area contributed by atoms with Gasteiger partial charge in [-0.2, -0.15) is 0 Å². The van der Waals surface area contributed by atoms with Crippen LogP contribution >= 0.6 is 15.9 Å². The molecule has 3 aromatic heterocycles. The Hall–Kier alpha value is -1.23. The van der Waals surface area contributed by atoms with Gasteiger partial charge in [0.2, 0.25) is 0 Å². The molecule has 0 amide bonds. The van der Waals surface area contributed by atoms with Crippen molar-refractivity contribution >= 4 is 56.0 Å². The maximum Gasteiger partial charge on any atom is 0.147 e. The molecule has 0 fully saturated rings. The highest BCUT2D eigenvalue weighted by atomic mass is 79.9. The van der Waals surface area contributed by atoms with E-state index in [0.717, 1.165) is 32.5 Å². The molecule has 0 aliphatic carbocycles. The highest BCUT2D eigenvalue weighted by Crippen LogP contribution is 2.31. The Kier molecular flexibility index (Phi) is 3.71. The minimum absolute atomic E-state index is 0.0579.